The van der Waals surface area contributed by atoms with Crippen LogP contribution in [0.3, 0.4) is 0 Å². The number of carboxylic acid groups (broad SMARTS) is 1. The average molecular weight is 273 g/mol. The largest absolute Gasteiger partial charge is 0.480 e. The second-order valence-electron chi connectivity index (χ2n) is 3.72. The Morgan fingerprint density at radius 2 is 2.28 bits per heavy atom. The van der Waals surface area contributed by atoms with Crippen LogP contribution in [0.2, 0.25) is 5.02 Å². The molecule has 0 spiro atoms. The summed E-state index contributed by atoms with van der Waals surface area (Å²) >= 11 is 5.74. The van der Waals surface area contributed by atoms with Gasteiger partial charge in [-0.25, -0.2) is 4.79 Å². The molecule has 0 radical (unpaired) electrons. The van der Waals surface area contributed by atoms with Crippen LogP contribution in [0.4, 0.5) is 11.4 Å². The molecule has 1 rings (SSSR count). The Balaban J connectivity index is 3.06. The van der Waals surface area contributed by atoms with Gasteiger partial charge in [0.15, 0.2) is 0 Å². The summed E-state index contributed by atoms with van der Waals surface area (Å²) < 4.78 is 0. The molecule has 0 aliphatic carbocycles. The topological polar surface area (TPSA) is 92.5 Å². The maximum Gasteiger partial charge on any atom is 0.326 e. The van der Waals surface area contributed by atoms with Crippen molar-refractivity contribution in [1.29, 1.82) is 0 Å². The van der Waals surface area contributed by atoms with E-state index >= 15 is 0 Å². The SMILES string of the molecule is CCCC(Nc1cccc(Cl)c1[N+](=O)[O-])C(=O)O. The summed E-state index contributed by atoms with van der Waals surface area (Å²) in [5.74, 6) is -1.05. The number of nitrogens with zero attached hydrogens (tertiary/aromatic N) is 1. The summed E-state index contributed by atoms with van der Waals surface area (Å²) in [5, 5.41) is 22.5. The van der Waals surface area contributed by atoms with Crippen molar-refractivity contribution in [3.05, 3.63) is 33.3 Å². The summed E-state index contributed by atoms with van der Waals surface area (Å²) in [4.78, 5) is 21.3. The standard InChI is InChI=1S/C11H13ClN2O4/c1-2-4-9(11(15)16)13-8-6-3-5-7(12)10(8)14(17)18/h3,5-6,9,13H,2,4H2,1H3,(H,15,16). The smallest absolute Gasteiger partial charge is 0.326 e. The van der Waals surface area contributed by atoms with Crippen molar-refractivity contribution in [1.82, 2.24) is 0 Å². The summed E-state index contributed by atoms with van der Waals surface area (Å²) in [7, 11) is 0. The fourth-order valence-electron chi connectivity index (χ4n) is 1.55. The van der Waals surface area contributed by atoms with Crippen molar-refractivity contribution in [2.75, 3.05) is 5.32 Å². The summed E-state index contributed by atoms with van der Waals surface area (Å²) in [6.07, 6.45) is 1.03. The number of hydrogen-bond donors (Lipinski definition) is 2. The van der Waals surface area contributed by atoms with E-state index in [0.717, 1.165) is 0 Å². The lowest BCUT2D eigenvalue weighted by atomic mass is 10.1. The van der Waals surface area contributed by atoms with Crippen molar-refractivity contribution in [3.63, 3.8) is 0 Å². The van der Waals surface area contributed by atoms with Gasteiger partial charge in [0.05, 0.1) is 4.92 Å². The number of nitro groups is 1. The first-order valence-corrected chi connectivity index (χ1v) is 5.77. The van der Waals surface area contributed by atoms with Gasteiger partial charge in [0.1, 0.15) is 16.8 Å². The molecule has 1 aromatic carbocycles. The predicted octanol–water partition coefficient (Wildman–Crippen LogP) is 2.91. The van der Waals surface area contributed by atoms with Gasteiger partial charge >= 0.3 is 11.7 Å². The molecule has 0 saturated heterocycles. The first-order chi connectivity index (χ1) is 8.47. The Kier molecular flexibility index (Phi) is 4.91. The number of halogens is 1. The van der Waals surface area contributed by atoms with Gasteiger partial charge < -0.3 is 10.4 Å². The summed E-state index contributed by atoms with van der Waals surface area (Å²) in [6.45, 7) is 1.84. The third-order valence-electron chi connectivity index (χ3n) is 2.37. The number of carboxylic acids is 1. The molecule has 0 bridgehead atoms. The highest BCUT2D eigenvalue weighted by Gasteiger charge is 2.23. The van der Waals surface area contributed by atoms with Crippen LogP contribution in [0.5, 0.6) is 0 Å². The number of benzene rings is 1. The Morgan fingerprint density at radius 3 is 2.78 bits per heavy atom. The molecule has 0 amide bonds. The maximum atomic E-state index is 11.0. The van der Waals surface area contributed by atoms with E-state index in [4.69, 9.17) is 16.7 Å². The van der Waals surface area contributed by atoms with Crippen LogP contribution in [-0.4, -0.2) is 22.0 Å². The highest BCUT2D eigenvalue weighted by molar-refractivity contribution is 6.33. The van der Waals surface area contributed by atoms with Gasteiger partial charge in [-0.2, -0.15) is 0 Å². The van der Waals surface area contributed by atoms with E-state index in [1.165, 1.54) is 18.2 Å². The Hall–Kier alpha value is -1.82. The molecular formula is C11H13ClN2O4. The van der Waals surface area contributed by atoms with Crippen molar-refractivity contribution < 1.29 is 14.8 Å². The van der Waals surface area contributed by atoms with Crippen LogP contribution in [0.1, 0.15) is 19.8 Å². The highest BCUT2D eigenvalue weighted by atomic mass is 35.5. The molecule has 0 heterocycles. The Morgan fingerprint density at radius 1 is 1.61 bits per heavy atom. The third kappa shape index (κ3) is 3.33. The molecule has 0 aliphatic heterocycles. The number of hydrogen-bond acceptors (Lipinski definition) is 4. The number of para-hydroxylation sites is 1. The second-order valence-corrected chi connectivity index (χ2v) is 4.12. The van der Waals surface area contributed by atoms with Crippen molar-refractivity contribution in [2.24, 2.45) is 0 Å². The molecule has 1 unspecified atom stereocenters. The molecule has 0 saturated carbocycles. The van der Waals surface area contributed by atoms with Crippen molar-refractivity contribution >= 4 is 28.9 Å². The highest BCUT2D eigenvalue weighted by Crippen LogP contribution is 2.32. The van der Waals surface area contributed by atoms with Crippen LogP contribution in [0, 0.1) is 10.1 Å². The first kappa shape index (κ1) is 14.2. The molecule has 1 aromatic rings. The Labute approximate surface area is 109 Å². The van der Waals surface area contributed by atoms with Gasteiger partial charge in [0.25, 0.3) is 0 Å². The molecule has 0 aromatic heterocycles. The van der Waals surface area contributed by atoms with Crippen LogP contribution in [-0.2, 0) is 4.79 Å². The molecule has 0 aliphatic rings. The predicted molar refractivity (Wildman–Crippen MR) is 68.1 cm³/mol. The van der Waals surface area contributed by atoms with Crippen molar-refractivity contribution in [2.45, 2.75) is 25.8 Å². The van der Waals surface area contributed by atoms with E-state index in [1.807, 2.05) is 6.92 Å². The number of nitro benzene ring substituents is 1. The molecule has 98 valence electrons. The van der Waals surface area contributed by atoms with E-state index in [-0.39, 0.29) is 16.4 Å². The number of rotatable bonds is 6. The lowest BCUT2D eigenvalue weighted by molar-refractivity contribution is -0.383. The van der Waals surface area contributed by atoms with E-state index in [9.17, 15) is 14.9 Å². The number of anilines is 1. The van der Waals surface area contributed by atoms with Crippen LogP contribution in [0.15, 0.2) is 18.2 Å². The number of aliphatic carboxylic acids is 1. The molecule has 18 heavy (non-hydrogen) atoms. The van der Waals surface area contributed by atoms with Crippen LogP contribution >= 0.6 is 11.6 Å². The molecule has 2 N–H and O–H groups in total. The maximum absolute atomic E-state index is 11.0. The van der Waals surface area contributed by atoms with E-state index in [2.05, 4.69) is 5.32 Å². The van der Waals surface area contributed by atoms with E-state index in [1.54, 1.807) is 0 Å². The minimum atomic E-state index is -1.05. The first-order valence-electron chi connectivity index (χ1n) is 5.39. The number of nitrogens with one attached hydrogen (secondary N) is 1. The van der Waals surface area contributed by atoms with Crippen LogP contribution < -0.4 is 5.32 Å². The summed E-state index contributed by atoms with van der Waals surface area (Å²) in [5.41, 5.74) is -0.185. The zero-order valence-corrected chi connectivity index (χ0v) is 10.5. The minimum Gasteiger partial charge on any atom is -0.480 e. The molecule has 0 fully saturated rings. The molecule has 1 atom stereocenters. The fourth-order valence-corrected chi connectivity index (χ4v) is 1.79. The zero-order chi connectivity index (χ0) is 13.7. The van der Waals surface area contributed by atoms with Gasteiger partial charge in [-0.1, -0.05) is 31.0 Å². The van der Waals surface area contributed by atoms with E-state index in [0.29, 0.717) is 12.8 Å². The molecule has 7 heteroatoms. The third-order valence-corrected chi connectivity index (χ3v) is 2.68. The fraction of sp³-hybridized carbons (Fsp3) is 0.364. The zero-order valence-electron chi connectivity index (χ0n) is 9.72. The molecule has 6 nitrogen and oxygen atoms in total. The quantitative estimate of drug-likeness (QED) is 0.613. The van der Waals surface area contributed by atoms with Crippen LogP contribution in [0.25, 0.3) is 0 Å². The van der Waals surface area contributed by atoms with Gasteiger partial charge in [0.2, 0.25) is 0 Å². The lowest BCUT2D eigenvalue weighted by Gasteiger charge is -2.15. The van der Waals surface area contributed by atoms with Crippen molar-refractivity contribution in [3.8, 4) is 0 Å². The van der Waals surface area contributed by atoms with Gasteiger partial charge in [-0.05, 0) is 18.6 Å². The lowest BCUT2D eigenvalue weighted by Crippen LogP contribution is -2.29. The normalized spacial score (nSPS) is 11.9. The Bertz CT molecular complexity index is 464. The number of carbonyl (C=O) groups is 1. The monoisotopic (exact) mass is 272 g/mol. The van der Waals surface area contributed by atoms with Gasteiger partial charge in [0, 0.05) is 0 Å². The second kappa shape index (κ2) is 6.20. The average Bonchev–Trinajstić information content (AvgIpc) is 2.27. The van der Waals surface area contributed by atoms with Gasteiger partial charge in [-0.3, -0.25) is 10.1 Å². The minimum absolute atomic E-state index is 0.0226. The molecular weight excluding hydrogens is 260 g/mol. The van der Waals surface area contributed by atoms with Gasteiger partial charge in [-0.15, -0.1) is 0 Å². The van der Waals surface area contributed by atoms with E-state index < -0.39 is 16.9 Å². The summed E-state index contributed by atoms with van der Waals surface area (Å²) in [6, 6.07) is 3.49.